The van der Waals surface area contributed by atoms with Crippen molar-refractivity contribution in [2.24, 2.45) is 5.41 Å². The van der Waals surface area contributed by atoms with Gasteiger partial charge in [0.1, 0.15) is 5.82 Å². The van der Waals surface area contributed by atoms with E-state index < -0.39 is 0 Å². The van der Waals surface area contributed by atoms with Crippen LogP contribution >= 0.6 is 0 Å². The standard InChI is InChI=1S/C16H21FN2/c1-16(2)8-4-3-5-15(16)19-11-13-7-6-12(10-18)9-14(13)17/h6-7,9,15,19H,3-5,8,11H2,1-2H3. The predicted octanol–water partition coefficient (Wildman–Crippen LogP) is 3.76. The third-order valence-electron chi connectivity index (χ3n) is 4.23. The molecule has 3 heteroatoms. The number of rotatable bonds is 3. The molecule has 0 amide bonds. The highest BCUT2D eigenvalue weighted by Gasteiger charge is 2.31. The molecule has 0 radical (unpaired) electrons. The summed E-state index contributed by atoms with van der Waals surface area (Å²) in [5, 5.41) is 12.2. The number of halogens is 1. The molecule has 2 nitrogen and oxygen atoms in total. The number of nitrogens with one attached hydrogen (secondary N) is 1. The van der Waals surface area contributed by atoms with Crippen LogP contribution in [0.4, 0.5) is 4.39 Å². The summed E-state index contributed by atoms with van der Waals surface area (Å²) in [6.07, 6.45) is 4.92. The van der Waals surface area contributed by atoms with Crippen LogP contribution in [0, 0.1) is 22.6 Å². The van der Waals surface area contributed by atoms with E-state index in [1.807, 2.05) is 6.07 Å². The molecule has 0 spiro atoms. The first-order valence-electron chi connectivity index (χ1n) is 6.95. The summed E-state index contributed by atoms with van der Waals surface area (Å²) in [7, 11) is 0. The molecule has 1 fully saturated rings. The van der Waals surface area contributed by atoms with Gasteiger partial charge < -0.3 is 5.32 Å². The van der Waals surface area contributed by atoms with Crippen molar-refractivity contribution in [1.82, 2.24) is 5.32 Å². The monoisotopic (exact) mass is 260 g/mol. The van der Waals surface area contributed by atoms with Crippen LogP contribution in [-0.2, 0) is 6.54 Å². The van der Waals surface area contributed by atoms with E-state index in [0.29, 0.717) is 23.7 Å². The van der Waals surface area contributed by atoms with Crippen LogP contribution in [0.5, 0.6) is 0 Å². The molecular weight excluding hydrogens is 239 g/mol. The Morgan fingerprint density at radius 1 is 1.42 bits per heavy atom. The number of hydrogen-bond donors (Lipinski definition) is 1. The molecule has 0 bridgehead atoms. The van der Waals surface area contributed by atoms with Gasteiger partial charge in [0.2, 0.25) is 0 Å². The first-order chi connectivity index (χ1) is 9.03. The van der Waals surface area contributed by atoms with E-state index in [1.54, 1.807) is 12.1 Å². The van der Waals surface area contributed by atoms with Gasteiger partial charge in [-0.15, -0.1) is 0 Å². The van der Waals surface area contributed by atoms with Crippen LogP contribution in [-0.4, -0.2) is 6.04 Å². The normalized spacial score (nSPS) is 21.9. The van der Waals surface area contributed by atoms with Crippen LogP contribution in [0.2, 0.25) is 0 Å². The Bertz CT molecular complexity index is 488. The number of nitrogens with zero attached hydrogens (tertiary/aromatic N) is 1. The maximum Gasteiger partial charge on any atom is 0.129 e. The highest BCUT2D eigenvalue weighted by atomic mass is 19.1. The Hall–Kier alpha value is -1.40. The predicted molar refractivity (Wildman–Crippen MR) is 74.0 cm³/mol. The molecule has 0 saturated heterocycles. The number of nitriles is 1. The van der Waals surface area contributed by atoms with Gasteiger partial charge in [-0.2, -0.15) is 5.26 Å². The van der Waals surface area contributed by atoms with E-state index in [-0.39, 0.29) is 11.2 Å². The van der Waals surface area contributed by atoms with Gasteiger partial charge >= 0.3 is 0 Å². The molecular formula is C16H21FN2. The quantitative estimate of drug-likeness (QED) is 0.898. The van der Waals surface area contributed by atoms with Gasteiger partial charge in [-0.3, -0.25) is 0 Å². The molecule has 102 valence electrons. The van der Waals surface area contributed by atoms with Crippen LogP contribution in [0.15, 0.2) is 18.2 Å². The molecule has 1 aliphatic rings. The zero-order valence-electron chi connectivity index (χ0n) is 11.7. The summed E-state index contributed by atoms with van der Waals surface area (Å²) >= 11 is 0. The van der Waals surface area contributed by atoms with Gasteiger partial charge in [0.25, 0.3) is 0 Å². The molecule has 0 aliphatic heterocycles. The average Bonchev–Trinajstić information content (AvgIpc) is 2.38. The number of hydrogen-bond acceptors (Lipinski definition) is 2. The van der Waals surface area contributed by atoms with E-state index in [4.69, 9.17) is 5.26 Å². The van der Waals surface area contributed by atoms with Gasteiger partial charge in [0.05, 0.1) is 11.6 Å². The fraction of sp³-hybridized carbons (Fsp3) is 0.562. The molecule has 1 saturated carbocycles. The van der Waals surface area contributed by atoms with Crippen molar-refractivity contribution in [1.29, 1.82) is 5.26 Å². The first-order valence-corrected chi connectivity index (χ1v) is 6.95. The first kappa shape index (κ1) is 14.0. The van der Waals surface area contributed by atoms with Crippen molar-refractivity contribution < 1.29 is 4.39 Å². The minimum absolute atomic E-state index is 0.279. The van der Waals surface area contributed by atoms with Crippen molar-refractivity contribution in [2.45, 2.75) is 52.1 Å². The summed E-state index contributed by atoms with van der Waals surface area (Å²) in [6.45, 7) is 5.09. The Morgan fingerprint density at radius 3 is 2.84 bits per heavy atom. The lowest BCUT2D eigenvalue weighted by molar-refractivity contribution is 0.166. The minimum Gasteiger partial charge on any atom is -0.309 e. The highest BCUT2D eigenvalue weighted by Crippen LogP contribution is 2.35. The maximum absolute atomic E-state index is 13.8. The minimum atomic E-state index is -0.292. The SMILES string of the molecule is CC1(C)CCCCC1NCc1ccc(C#N)cc1F. The number of benzene rings is 1. The van der Waals surface area contributed by atoms with E-state index >= 15 is 0 Å². The lowest BCUT2D eigenvalue weighted by Crippen LogP contribution is -2.43. The third kappa shape index (κ3) is 3.33. The second kappa shape index (κ2) is 5.71. The van der Waals surface area contributed by atoms with E-state index in [0.717, 1.165) is 6.42 Å². The van der Waals surface area contributed by atoms with Crippen LogP contribution in [0.25, 0.3) is 0 Å². The van der Waals surface area contributed by atoms with Gasteiger partial charge in [0, 0.05) is 18.2 Å². The fourth-order valence-corrected chi connectivity index (χ4v) is 2.87. The van der Waals surface area contributed by atoms with Gasteiger partial charge in [-0.1, -0.05) is 32.8 Å². The van der Waals surface area contributed by atoms with E-state index in [1.165, 1.54) is 25.3 Å². The molecule has 0 aromatic heterocycles. The third-order valence-corrected chi connectivity index (χ3v) is 4.23. The Kier molecular flexibility index (Phi) is 4.21. The second-order valence-electron chi connectivity index (χ2n) is 6.09. The summed E-state index contributed by atoms with van der Waals surface area (Å²) in [4.78, 5) is 0. The van der Waals surface area contributed by atoms with Crippen LogP contribution < -0.4 is 5.32 Å². The van der Waals surface area contributed by atoms with Crippen molar-refractivity contribution >= 4 is 0 Å². The topological polar surface area (TPSA) is 35.8 Å². The van der Waals surface area contributed by atoms with Crippen molar-refractivity contribution in [2.75, 3.05) is 0 Å². The molecule has 19 heavy (non-hydrogen) atoms. The van der Waals surface area contributed by atoms with E-state index in [9.17, 15) is 4.39 Å². The average molecular weight is 260 g/mol. The Labute approximate surface area is 114 Å². The van der Waals surface area contributed by atoms with Gasteiger partial charge in [0.15, 0.2) is 0 Å². The van der Waals surface area contributed by atoms with Crippen LogP contribution in [0.1, 0.15) is 50.7 Å². The molecule has 1 unspecified atom stereocenters. The molecule has 1 aromatic rings. The second-order valence-corrected chi connectivity index (χ2v) is 6.09. The summed E-state index contributed by atoms with van der Waals surface area (Å²) < 4.78 is 13.8. The van der Waals surface area contributed by atoms with Crippen molar-refractivity contribution in [3.63, 3.8) is 0 Å². The molecule has 1 aromatic carbocycles. The Balaban J connectivity index is 2.01. The summed E-state index contributed by atoms with van der Waals surface area (Å²) in [6, 6.07) is 7.08. The van der Waals surface area contributed by atoms with Gasteiger partial charge in [-0.25, -0.2) is 4.39 Å². The zero-order chi connectivity index (χ0) is 13.9. The summed E-state index contributed by atoms with van der Waals surface area (Å²) in [5.74, 6) is -0.292. The van der Waals surface area contributed by atoms with Crippen LogP contribution in [0.3, 0.4) is 0 Å². The molecule has 1 aliphatic carbocycles. The molecule has 1 N–H and O–H groups in total. The fourth-order valence-electron chi connectivity index (χ4n) is 2.87. The largest absolute Gasteiger partial charge is 0.309 e. The van der Waals surface area contributed by atoms with Crippen molar-refractivity contribution in [3.05, 3.63) is 35.1 Å². The summed E-state index contributed by atoms with van der Waals surface area (Å²) in [5.41, 5.74) is 1.29. The highest BCUT2D eigenvalue weighted by molar-refractivity contribution is 5.32. The molecule has 2 rings (SSSR count). The Morgan fingerprint density at radius 2 is 2.21 bits per heavy atom. The van der Waals surface area contributed by atoms with Gasteiger partial charge in [-0.05, 0) is 30.4 Å². The zero-order valence-corrected chi connectivity index (χ0v) is 11.7. The lowest BCUT2D eigenvalue weighted by Gasteiger charge is -2.39. The van der Waals surface area contributed by atoms with E-state index in [2.05, 4.69) is 19.2 Å². The molecule has 1 atom stereocenters. The smallest absolute Gasteiger partial charge is 0.129 e. The maximum atomic E-state index is 13.8. The van der Waals surface area contributed by atoms with Crippen molar-refractivity contribution in [3.8, 4) is 6.07 Å². The molecule has 0 heterocycles. The lowest BCUT2D eigenvalue weighted by atomic mass is 9.73.